The van der Waals surface area contributed by atoms with Crippen molar-refractivity contribution in [2.24, 2.45) is 7.05 Å². The summed E-state index contributed by atoms with van der Waals surface area (Å²) in [6.07, 6.45) is 1.48. The van der Waals surface area contributed by atoms with Crippen LogP contribution in [0.15, 0.2) is 65.6 Å². The van der Waals surface area contributed by atoms with Crippen LogP contribution in [0.4, 0.5) is 11.4 Å². The van der Waals surface area contributed by atoms with Gasteiger partial charge in [-0.25, -0.2) is 4.68 Å². The molecule has 30 heavy (non-hydrogen) atoms. The molecule has 156 valence electrons. The van der Waals surface area contributed by atoms with E-state index < -0.39 is 0 Å². The zero-order valence-electron chi connectivity index (χ0n) is 17.3. The first kappa shape index (κ1) is 21.1. The molecule has 3 aromatic rings. The Morgan fingerprint density at radius 3 is 2.63 bits per heavy atom. The van der Waals surface area contributed by atoms with Crippen molar-refractivity contribution in [1.82, 2.24) is 20.0 Å². The molecule has 3 rings (SSSR count). The maximum Gasteiger partial charge on any atom is 0.294 e. The Morgan fingerprint density at radius 2 is 1.90 bits per heavy atom. The van der Waals surface area contributed by atoms with E-state index in [1.54, 1.807) is 43.4 Å². The predicted octanol–water partition coefficient (Wildman–Crippen LogP) is 2.61. The lowest BCUT2D eigenvalue weighted by molar-refractivity contribution is 0.0951. The summed E-state index contributed by atoms with van der Waals surface area (Å²) in [5, 5.41) is 10.0. The fourth-order valence-electron chi connectivity index (χ4n) is 2.71. The van der Waals surface area contributed by atoms with E-state index in [2.05, 4.69) is 15.7 Å². The van der Waals surface area contributed by atoms with Gasteiger partial charge in [0.2, 0.25) is 0 Å². The van der Waals surface area contributed by atoms with Gasteiger partial charge in [-0.05, 0) is 44.4 Å². The molecule has 1 amide bonds. The van der Waals surface area contributed by atoms with Gasteiger partial charge in [0.25, 0.3) is 11.5 Å². The average molecular weight is 407 g/mol. The Kier molecular flexibility index (Phi) is 6.82. The summed E-state index contributed by atoms with van der Waals surface area (Å²) in [5.74, 6) is 0.707. The number of ether oxygens (including phenoxy) is 1. The lowest BCUT2D eigenvalue weighted by Gasteiger charge is -2.14. The maximum absolute atomic E-state index is 12.7. The Labute approximate surface area is 175 Å². The van der Waals surface area contributed by atoms with Crippen LogP contribution in [0.2, 0.25) is 0 Å². The molecule has 1 heterocycles. The van der Waals surface area contributed by atoms with Crippen LogP contribution >= 0.6 is 0 Å². The van der Waals surface area contributed by atoms with E-state index in [0.29, 0.717) is 29.3 Å². The van der Waals surface area contributed by atoms with Crippen LogP contribution < -0.4 is 20.9 Å². The molecule has 0 atom stereocenters. The van der Waals surface area contributed by atoms with Crippen LogP contribution in [0.5, 0.6) is 11.5 Å². The van der Waals surface area contributed by atoms with Crippen LogP contribution in [-0.2, 0) is 7.05 Å². The van der Waals surface area contributed by atoms with E-state index >= 15 is 0 Å². The second-order valence-electron chi connectivity index (χ2n) is 6.99. The number of amides is 1. The Morgan fingerprint density at radius 1 is 1.13 bits per heavy atom. The normalized spacial score (nSPS) is 10.7. The van der Waals surface area contributed by atoms with Gasteiger partial charge < -0.3 is 20.3 Å². The zero-order valence-corrected chi connectivity index (χ0v) is 17.3. The lowest BCUT2D eigenvalue weighted by atomic mass is 10.2. The number of benzene rings is 2. The average Bonchev–Trinajstić information content (AvgIpc) is 2.74. The molecule has 0 aliphatic carbocycles. The van der Waals surface area contributed by atoms with Gasteiger partial charge in [0.1, 0.15) is 5.75 Å². The summed E-state index contributed by atoms with van der Waals surface area (Å²) >= 11 is 0. The number of carbonyl (C=O) groups is 1. The Hall–Kier alpha value is -3.65. The number of likely N-dealkylation sites (N-methyl/N-ethyl adjacent to an activating group) is 1. The van der Waals surface area contributed by atoms with Gasteiger partial charge in [0, 0.05) is 31.4 Å². The predicted molar refractivity (Wildman–Crippen MR) is 117 cm³/mol. The van der Waals surface area contributed by atoms with Gasteiger partial charge in [-0.3, -0.25) is 9.59 Å². The van der Waals surface area contributed by atoms with Crippen LogP contribution in [0, 0.1) is 0 Å². The molecule has 2 aromatic carbocycles. The van der Waals surface area contributed by atoms with E-state index in [-0.39, 0.29) is 17.2 Å². The van der Waals surface area contributed by atoms with Gasteiger partial charge in [-0.15, -0.1) is 0 Å². The third kappa shape index (κ3) is 5.45. The van der Waals surface area contributed by atoms with E-state index in [1.165, 1.54) is 10.9 Å². The molecule has 0 aliphatic rings. The highest BCUT2D eigenvalue weighted by molar-refractivity contribution is 5.95. The van der Waals surface area contributed by atoms with Crippen molar-refractivity contribution < 1.29 is 9.53 Å². The first-order valence-electron chi connectivity index (χ1n) is 9.53. The van der Waals surface area contributed by atoms with Crippen LogP contribution in [-0.4, -0.2) is 47.8 Å². The summed E-state index contributed by atoms with van der Waals surface area (Å²) in [6, 6.07) is 16.1. The summed E-state index contributed by atoms with van der Waals surface area (Å²) in [4.78, 5) is 27.1. The Balaban J connectivity index is 1.83. The van der Waals surface area contributed by atoms with Gasteiger partial charge in [-0.1, -0.05) is 24.3 Å². The van der Waals surface area contributed by atoms with Gasteiger partial charge in [0.15, 0.2) is 11.4 Å². The number of para-hydroxylation sites is 1. The second kappa shape index (κ2) is 9.71. The largest absolute Gasteiger partial charge is 0.453 e. The first-order valence-corrected chi connectivity index (χ1v) is 9.53. The SMILES string of the molecule is CN(C)CCNC(=O)c1cccc(Nc2c(Oc3ccccc3)cnn(C)c2=O)c1. The molecule has 0 saturated carbocycles. The third-order valence-electron chi connectivity index (χ3n) is 4.31. The highest BCUT2D eigenvalue weighted by Gasteiger charge is 2.14. The van der Waals surface area contributed by atoms with Crippen molar-refractivity contribution in [3.8, 4) is 11.5 Å². The van der Waals surface area contributed by atoms with Gasteiger partial charge in [-0.2, -0.15) is 5.10 Å². The number of anilines is 2. The third-order valence-corrected chi connectivity index (χ3v) is 4.31. The monoisotopic (exact) mass is 407 g/mol. The van der Waals surface area contributed by atoms with Crippen LogP contribution in [0.25, 0.3) is 0 Å². The number of nitrogens with one attached hydrogen (secondary N) is 2. The summed E-state index contributed by atoms with van der Waals surface area (Å²) in [7, 11) is 5.45. The van der Waals surface area contributed by atoms with Crippen molar-refractivity contribution in [2.45, 2.75) is 0 Å². The fourth-order valence-corrected chi connectivity index (χ4v) is 2.71. The molecule has 0 saturated heterocycles. The quantitative estimate of drug-likeness (QED) is 0.597. The second-order valence-corrected chi connectivity index (χ2v) is 6.99. The topological polar surface area (TPSA) is 88.5 Å². The highest BCUT2D eigenvalue weighted by atomic mass is 16.5. The minimum atomic E-state index is -0.343. The van der Waals surface area contributed by atoms with Crippen molar-refractivity contribution in [2.75, 3.05) is 32.5 Å². The number of hydrogen-bond acceptors (Lipinski definition) is 6. The Bertz CT molecular complexity index is 1060. The summed E-state index contributed by atoms with van der Waals surface area (Å²) in [5.41, 5.74) is 0.984. The number of carbonyl (C=O) groups excluding carboxylic acids is 1. The standard InChI is InChI=1S/C22H25N5O3/c1-26(2)13-12-23-21(28)16-8-7-9-17(14-16)25-20-19(15-24-27(3)22(20)29)30-18-10-5-4-6-11-18/h4-11,14-15,25H,12-13H2,1-3H3,(H,23,28). The molecular formula is C22H25N5O3. The van der Waals surface area contributed by atoms with E-state index in [0.717, 1.165) is 6.54 Å². The number of aryl methyl sites for hydroxylation is 1. The molecule has 1 aromatic heterocycles. The van der Waals surface area contributed by atoms with Crippen molar-refractivity contribution in [3.05, 3.63) is 76.7 Å². The summed E-state index contributed by atoms with van der Waals surface area (Å²) in [6.45, 7) is 1.29. The van der Waals surface area contributed by atoms with Crippen molar-refractivity contribution in [1.29, 1.82) is 0 Å². The number of aromatic nitrogens is 2. The molecule has 0 radical (unpaired) electrons. The zero-order chi connectivity index (χ0) is 21.5. The molecule has 2 N–H and O–H groups in total. The lowest BCUT2D eigenvalue weighted by Crippen LogP contribution is -2.31. The van der Waals surface area contributed by atoms with E-state index in [1.807, 2.05) is 37.2 Å². The molecule has 0 aliphatic heterocycles. The number of rotatable bonds is 8. The van der Waals surface area contributed by atoms with E-state index in [9.17, 15) is 9.59 Å². The number of nitrogens with zero attached hydrogens (tertiary/aromatic N) is 3. The molecule has 8 nitrogen and oxygen atoms in total. The summed E-state index contributed by atoms with van der Waals surface area (Å²) < 4.78 is 7.07. The minimum absolute atomic E-state index is 0.177. The highest BCUT2D eigenvalue weighted by Crippen LogP contribution is 2.28. The molecule has 0 spiro atoms. The fraction of sp³-hybridized carbons (Fsp3) is 0.227. The van der Waals surface area contributed by atoms with Crippen molar-refractivity contribution >= 4 is 17.3 Å². The number of hydrogen-bond donors (Lipinski definition) is 2. The van der Waals surface area contributed by atoms with Gasteiger partial charge in [0.05, 0.1) is 6.20 Å². The van der Waals surface area contributed by atoms with Crippen molar-refractivity contribution in [3.63, 3.8) is 0 Å². The molecule has 0 unspecified atom stereocenters. The minimum Gasteiger partial charge on any atom is -0.453 e. The molecular weight excluding hydrogens is 382 g/mol. The maximum atomic E-state index is 12.7. The molecule has 0 bridgehead atoms. The van der Waals surface area contributed by atoms with Crippen LogP contribution in [0.3, 0.4) is 0 Å². The van der Waals surface area contributed by atoms with Crippen LogP contribution in [0.1, 0.15) is 10.4 Å². The van der Waals surface area contributed by atoms with Gasteiger partial charge >= 0.3 is 0 Å². The first-order chi connectivity index (χ1) is 14.4. The smallest absolute Gasteiger partial charge is 0.294 e. The van der Waals surface area contributed by atoms with E-state index in [4.69, 9.17) is 4.74 Å². The molecule has 8 heteroatoms. The molecule has 0 fully saturated rings.